The molecule has 0 aliphatic heterocycles. The van der Waals surface area contributed by atoms with Crippen LogP contribution in [0.1, 0.15) is 5.56 Å². The van der Waals surface area contributed by atoms with E-state index in [4.69, 9.17) is 17.3 Å². The maximum absolute atomic E-state index is 12.9. The lowest BCUT2D eigenvalue weighted by Gasteiger charge is -2.14. The SMILES string of the molecule is Nc1cc(Nc2ccc(Cl)cc2C(F)(F)F)ncn1. The second-order valence-corrected chi connectivity index (χ2v) is 4.08. The molecule has 2 aromatic rings. The minimum absolute atomic E-state index is 0.0000708. The zero-order chi connectivity index (χ0) is 14.0. The summed E-state index contributed by atoms with van der Waals surface area (Å²) in [7, 11) is 0. The highest BCUT2D eigenvalue weighted by atomic mass is 35.5. The topological polar surface area (TPSA) is 63.8 Å². The maximum atomic E-state index is 12.9. The van der Waals surface area contributed by atoms with Crippen LogP contribution in [0.2, 0.25) is 5.02 Å². The van der Waals surface area contributed by atoms with Crippen LogP contribution in [0.5, 0.6) is 0 Å². The van der Waals surface area contributed by atoms with Crippen LogP contribution in [0.3, 0.4) is 0 Å². The lowest BCUT2D eigenvalue weighted by atomic mass is 10.1. The number of rotatable bonds is 2. The third kappa shape index (κ3) is 3.25. The van der Waals surface area contributed by atoms with Crippen LogP contribution in [0.4, 0.5) is 30.5 Å². The predicted molar refractivity (Wildman–Crippen MR) is 66.2 cm³/mol. The van der Waals surface area contributed by atoms with E-state index in [1.165, 1.54) is 18.2 Å². The number of alkyl halides is 3. The highest BCUT2D eigenvalue weighted by molar-refractivity contribution is 6.30. The van der Waals surface area contributed by atoms with Gasteiger partial charge < -0.3 is 11.1 Å². The Labute approximate surface area is 111 Å². The van der Waals surface area contributed by atoms with Gasteiger partial charge in [-0.15, -0.1) is 0 Å². The molecule has 1 heterocycles. The van der Waals surface area contributed by atoms with Crippen molar-refractivity contribution >= 4 is 28.9 Å². The summed E-state index contributed by atoms with van der Waals surface area (Å²) in [6.45, 7) is 0. The number of halogens is 4. The van der Waals surface area contributed by atoms with E-state index < -0.39 is 11.7 Å². The summed E-state index contributed by atoms with van der Waals surface area (Å²) in [5.74, 6) is 0.320. The second-order valence-electron chi connectivity index (χ2n) is 3.64. The van der Waals surface area contributed by atoms with Gasteiger partial charge in [0.05, 0.1) is 11.3 Å². The van der Waals surface area contributed by atoms with E-state index >= 15 is 0 Å². The number of hydrogen-bond acceptors (Lipinski definition) is 4. The van der Waals surface area contributed by atoms with Crippen molar-refractivity contribution < 1.29 is 13.2 Å². The largest absolute Gasteiger partial charge is 0.418 e. The fourth-order valence-electron chi connectivity index (χ4n) is 1.44. The highest BCUT2D eigenvalue weighted by Crippen LogP contribution is 2.37. The zero-order valence-electron chi connectivity index (χ0n) is 9.37. The molecule has 0 aliphatic carbocycles. The van der Waals surface area contributed by atoms with E-state index in [2.05, 4.69) is 15.3 Å². The van der Waals surface area contributed by atoms with Crippen LogP contribution in [0.15, 0.2) is 30.6 Å². The summed E-state index contributed by atoms with van der Waals surface area (Å²) < 4.78 is 38.6. The molecule has 2 rings (SSSR count). The standard InChI is InChI=1S/C11H8ClF3N4/c12-6-1-2-8(7(3-6)11(13,14)15)19-10-4-9(16)17-5-18-10/h1-5H,(H3,16,17,18,19). The van der Waals surface area contributed by atoms with Crippen molar-refractivity contribution in [3.8, 4) is 0 Å². The van der Waals surface area contributed by atoms with Gasteiger partial charge in [0, 0.05) is 11.1 Å². The first kappa shape index (κ1) is 13.4. The number of nitrogens with two attached hydrogens (primary N) is 1. The lowest BCUT2D eigenvalue weighted by Crippen LogP contribution is -2.09. The predicted octanol–water partition coefficient (Wildman–Crippen LogP) is 3.47. The van der Waals surface area contributed by atoms with Crippen molar-refractivity contribution in [2.45, 2.75) is 6.18 Å². The Kier molecular flexibility index (Phi) is 3.48. The van der Waals surface area contributed by atoms with Gasteiger partial charge in [0.1, 0.15) is 18.0 Å². The quantitative estimate of drug-likeness (QED) is 0.888. The van der Waals surface area contributed by atoms with Crippen molar-refractivity contribution in [1.82, 2.24) is 9.97 Å². The minimum Gasteiger partial charge on any atom is -0.384 e. The molecule has 0 aliphatic rings. The van der Waals surface area contributed by atoms with Gasteiger partial charge in [0.15, 0.2) is 0 Å². The molecule has 0 unspecified atom stereocenters. The summed E-state index contributed by atoms with van der Waals surface area (Å²) in [6.07, 6.45) is -3.37. The van der Waals surface area contributed by atoms with E-state index in [-0.39, 0.29) is 22.3 Å². The number of aromatic nitrogens is 2. The number of benzene rings is 1. The first-order chi connectivity index (χ1) is 8.86. The molecule has 0 saturated heterocycles. The number of hydrogen-bond donors (Lipinski definition) is 2. The molecule has 4 nitrogen and oxygen atoms in total. The van der Waals surface area contributed by atoms with Crippen molar-refractivity contribution in [1.29, 1.82) is 0 Å². The van der Waals surface area contributed by atoms with Crippen molar-refractivity contribution in [2.75, 3.05) is 11.1 Å². The van der Waals surface area contributed by atoms with Crippen LogP contribution in [0.25, 0.3) is 0 Å². The smallest absolute Gasteiger partial charge is 0.384 e. The summed E-state index contributed by atoms with van der Waals surface area (Å²) in [5.41, 5.74) is 4.39. The average molecular weight is 289 g/mol. The summed E-state index contributed by atoms with van der Waals surface area (Å²) in [4.78, 5) is 7.43. The molecule has 0 amide bonds. The molecule has 0 bridgehead atoms. The van der Waals surface area contributed by atoms with Gasteiger partial charge in [0.2, 0.25) is 0 Å². The fraction of sp³-hybridized carbons (Fsp3) is 0.0909. The van der Waals surface area contributed by atoms with Crippen LogP contribution in [0, 0.1) is 0 Å². The fourth-order valence-corrected chi connectivity index (χ4v) is 1.61. The molecular formula is C11H8ClF3N4. The van der Waals surface area contributed by atoms with Crippen LogP contribution >= 0.6 is 11.6 Å². The van der Waals surface area contributed by atoms with Gasteiger partial charge in [-0.05, 0) is 18.2 Å². The van der Waals surface area contributed by atoms with E-state index in [9.17, 15) is 13.2 Å². The Hall–Kier alpha value is -2.02. The molecule has 3 N–H and O–H groups in total. The van der Waals surface area contributed by atoms with Gasteiger partial charge >= 0.3 is 6.18 Å². The number of nitrogens with one attached hydrogen (secondary N) is 1. The number of anilines is 3. The van der Waals surface area contributed by atoms with E-state index in [0.29, 0.717) is 0 Å². The highest BCUT2D eigenvalue weighted by Gasteiger charge is 2.33. The molecule has 1 aromatic heterocycles. The van der Waals surface area contributed by atoms with Crippen molar-refractivity contribution in [3.63, 3.8) is 0 Å². The van der Waals surface area contributed by atoms with Crippen LogP contribution < -0.4 is 11.1 Å². The zero-order valence-corrected chi connectivity index (χ0v) is 10.1. The molecule has 19 heavy (non-hydrogen) atoms. The molecule has 0 fully saturated rings. The molecular weight excluding hydrogens is 281 g/mol. The van der Waals surface area contributed by atoms with E-state index in [1.807, 2.05) is 0 Å². The third-order valence-electron chi connectivity index (χ3n) is 2.24. The van der Waals surface area contributed by atoms with Crippen molar-refractivity contribution in [2.24, 2.45) is 0 Å². The van der Waals surface area contributed by atoms with E-state index in [0.717, 1.165) is 12.4 Å². The molecule has 1 aromatic carbocycles. The molecule has 8 heteroatoms. The van der Waals surface area contributed by atoms with Gasteiger partial charge in [-0.2, -0.15) is 13.2 Å². The Bertz CT molecular complexity index is 601. The van der Waals surface area contributed by atoms with Gasteiger partial charge in [-0.25, -0.2) is 9.97 Å². The molecule has 100 valence electrons. The Morgan fingerprint density at radius 3 is 2.53 bits per heavy atom. The summed E-state index contributed by atoms with van der Waals surface area (Å²) >= 11 is 5.58. The Morgan fingerprint density at radius 2 is 1.89 bits per heavy atom. The second kappa shape index (κ2) is 4.93. The van der Waals surface area contributed by atoms with Crippen molar-refractivity contribution in [3.05, 3.63) is 41.2 Å². The van der Waals surface area contributed by atoms with E-state index in [1.54, 1.807) is 0 Å². The van der Waals surface area contributed by atoms with Crippen LogP contribution in [-0.4, -0.2) is 9.97 Å². The maximum Gasteiger partial charge on any atom is 0.418 e. The van der Waals surface area contributed by atoms with Crippen LogP contribution in [-0.2, 0) is 6.18 Å². The summed E-state index contributed by atoms with van der Waals surface area (Å²) in [6, 6.07) is 4.75. The average Bonchev–Trinajstić information content (AvgIpc) is 2.30. The number of nitrogens with zero attached hydrogens (tertiary/aromatic N) is 2. The monoisotopic (exact) mass is 288 g/mol. The first-order valence-electron chi connectivity index (χ1n) is 5.07. The summed E-state index contributed by atoms with van der Waals surface area (Å²) in [5, 5.41) is 2.54. The molecule has 0 radical (unpaired) electrons. The van der Waals surface area contributed by atoms with Gasteiger partial charge in [-0.3, -0.25) is 0 Å². The van der Waals surface area contributed by atoms with Gasteiger partial charge in [-0.1, -0.05) is 11.6 Å². The first-order valence-corrected chi connectivity index (χ1v) is 5.45. The lowest BCUT2D eigenvalue weighted by molar-refractivity contribution is -0.136. The molecule has 0 atom stereocenters. The Balaban J connectivity index is 2.40. The minimum atomic E-state index is -4.52. The Morgan fingerprint density at radius 1 is 1.16 bits per heavy atom. The molecule has 0 spiro atoms. The normalized spacial score (nSPS) is 11.4. The van der Waals surface area contributed by atoms with Gasteiger partial charge in [0.25, 0.3) is 0 Å². The number of nitrogen functional groups attached to an aromatic ring is 1. The third-order valence-corrected chi connectivity index (χ3v) is 2.47. The molecule has 0 saturated carbocycles.